The minimum absolute atomic E-state index is 0.0558. The molecule has 1 aliphatic rings. The first kappa shape index (κ1) is 19.8. The van der Waals surface area contributed by atoms with Crippen LogP contribution in [0, 0.1) is 6.92 Å². The van der Waals surface area contributed by atoms with Gasteiger partial charge in [0.1, 0.15) is 0 Å². The molecule has 0 radical (unpaired) electrons. The van der Waals surface area contributed by atoms with E-state index >= 15 is 0 Å². The van der Waals surface area contributed by atoms with E-state index in [1.807, 2.05) is 31.2 Å². The highest BCUT2D eigenvalue weighted by molar-refractivity contribution is 8.00. The Kier molecular flexibility index (Phi) is 6.20. The van der Waals surface area contributed by atoms with Crippen molar-refractivity contribution in [2.45, 2.75) is 18.7 Å². The van der Waals surface area contributed by atoms with E-state index in [-0.39, 0.29) is 24.0 Å². The molecule has 2 aromatic carbocycles. The van der Waals surface area contributed by atoms with Gasteiger partial charge in [-0.25, -0.2) is 0 Å². The number of hydrogen-bond donors (Lipinski definition) is 1. The maximum Gasteiger partial charge on any atom is 0.316 e. The van der Waals surface area contributed by atoms with Crippen LogP contribution in [0.4, 0.5) is 5.69 Å². The molecule has 3 rings (SSSR count). The lowest BCUT2D eigenvalue weighted by atomic mass is 10.1. The highest BCUT2D eigenvalue weighted by atomic mass is 32.2. The summed E-state index contributed by atoms with van der Waals surface area (Å²) < 4.78 is 15.5. The molecular formula is C20H19NO6S. The summed E-state index contributed by atoms with van der Waals surface area (Å²) >= 11 is 1.35. The summed E-state index contributed by atoms with van der Waals surface area (Å²) in [4.78, 5) is 36.8. The molecule has 0 aromatic heterocycles. The SMILES string of the molecule is CC(=O)c1cc2c(cc1NC(=O)COC(=O)CSc1ccccc1C)OCO2. The molecule has 1 N–H and O–H groups in total. The fraction of sp³-hybridized carbons (Fsp3) is 0.250. The van der Waals surface area contributed by atoms with Crippen LogP contribution in [-0.2, 0) is 14.3 Å². The van der Waals surface area contributed by atoms with Crippen molar-refractivity contribution >= 4 is 35.1 Å². The Labute approximate surface area is 166 Å². The number of amides is 1. The number of thioether (sulfide) groups is 1. The van der Waals surface area contributed by atoms with Gasteiger partial charge in [0.2, 0.25) is 6.79 Å². The van der Waals surface area contributed by atoms with Crippen molar-refractivity contribution in [1.82, 2.24) is 0 Å². The first-order valence-electron chi connectivity index (χ1n) is 8.52. The van der Waals surface area contributed by atoms with Crippen LogP contribution in [0.15, 0.2) is 41.3 Å². The first-order valence-corrected chi connectivity index (χ1v) is 9.51. The summed E-state index contributed by atoms with van der Waals surface area (Å²) in [7, 11) is 0. The molecule has 1 amide bonds. The lowest BCUT2D eigenvalue weighted by Crippen LogP contribution is -2.22. The third kappa shape index (κ3) is 4.83. The van der Waals surface area contributed by atoms with Crippen LogP contribution in [0.1, 0.15) is 22.8 Å². The number of carbonyl (C=O) groups excluding carboxylic acids is 3. The average molecular weight is 401 g/mol. The zero-order valence-electron chi connectivity index (χ0n) is 15.4. The van der Waals surface area contributed by atoms with E-state index in [0.717, 1.165) is 10.5 Å². The maximum absolute atomic E-state index is 12.1. The molecule has 28 heavy (non-hydrogen) atoms. The van der Waals surface area contributed by atoms with Crippen molar-refractivity contribution in [2.75, 3.05) is 24.5 Å². The highest BCUT2D eigenvalue weighted by Crippen LogP contribution is 2.37. The van der Waals surface area contributed by atoms with Gasteiger partial charge < -0.3 is 19.5 Å². The van der Waals surface area contributed by atoms with Gasteiger partial charge in [0, 0.05) is 16.5 Å². The molecule has 0 bridgehead atoms. The smallest absolute Gasteiger partial charge is 0.316 e. The molecular weight excluding hydrogens is 382 g/mol. The molecule has 2 aromatic rings. The molecule has 0 fully saturated rings. The molecule has 146 valence electrons. The second-order valence-corrected chi connectivity index (χ2v) is 7.09. The van der Waals surface area contributed by atoms with Gasteiger partial charge in [-0.05, 0) is 31.5 Å². The highest BCUT2D eigenvalue weighted by Gasteiger charge is 2.20. The van der Waals surface area contributed by atoms with Crippen molar-refractivity contribution in [3.05, 3.63) is 47.5 Å². The lowest BCUT2D eigenvalue weighted by Gasteiger charge is -2.11. The number of ether oxygens (including phenoxy) is 3. The largest absolute Gasteiger partial charge is 0.455 e. The van der Waals surface area contributed by atoms with Crippen molar-refractivity contribution in [2.24, 2.45) is 0 Å². The zero-order chi connectivity index (χ0) is 20.1. The molecule has 1 aliphatic heterocycles. The van der Waals surface area contributed by atoms with Crippen molar-refractivity contribution < 1.29 is 28.6 Å². The maximum atomic E-state index is 12.1. The van der Waals surface area contributed by atoms with E-state index in [4.69, 9.17) is 14.2 Å². The van der Waals surface area contributed by atoms with E-state index in [0.29, 0.717) is 17.1 Å². The summed E-state index contributed by atoms with van der Waals surface area (Å²) in [5, 5.41) is 2.58. The molecule has 1 heterocycles. The van der Waals surface area contributed by atoms with E-state index in [2.05, 4.69) is 5.32 Å². The Bertz CT molecular complexity index is 927. The van der Waals surface area contributed by atoms with Crippen LogP contribution in [0.25, 0.3) is 0 Å². The Hall–Kier alpha value is -3.00. The number of hydrogen-bond acceptors (Lipinski definition) is 7. The topological polar surface area (TPSA) is 90.9 Å². The summed E-state index contributed by atoms with van der Waals surface area (Å²) in [6, 6.07) is 10.7. The standard InChI is InChI=1S/C20H19NO6S/c1-12-5-3-4-6-18(12)28-10-20(24)25-9-19(23)21-15-8-17-16(26-11-27-17)7-14(15)13(2)22/h3-8H,9-11H2,1-2H3,(H,21,23). The predicted octanol–water partition coefficient (Wildman–Crippen LogP) is 3.20. The minimum Gasteiger partial charge on any atom is -0.455 e. The monoisotopic (exact) mass is 401 g/mol. The number of nitrogens with one attached hydrogen (secondary N) is 1. The summed E-state index contributed by atoms with van der Waals surface area (Å²) in [6.45, 7) is 2.95. The predicted molar refractivity (Wildman–Crippen MR) is 104 cm³/mol. The Morgan fingerprint density at radius 3 is 2.57 bits per heavy atom. The Morgan fingerprint density at radius 1 is 1.14 bits per heavy atom. The molecule has 0 spiro atoms. The number of anilines is 1. The molecule has 8 heteroatoms. The normalized spacial score (nSPS) is 11.8. The van der Waals surface area contributed by atoms with Crippen molar-refractivity contribution in [1.29, 1.82) is 0 Å². The average Bonchev–Trinajstić information content (AvgIpc) is 3.12. The van der Waals surface area contributed by atoms with E-state index in [1.54, 1.807) is 0 Å². The zero-order valence-corrected chi connectivity index (χ0v) is 16.3. The lowest BCUT2D eigenvalue weighted by molar-refractivity contribution is -0.144. The molecule has 0 saturated heterocycles. The van der Waals surface area contributed by atoms with E-state index in [9.17, 15) is 14.4 Å². The molecule has 7 nitrogen and oxygen atoms in total. The Morgan fingerprint density at radius 2 is 1.86 bits per heavy atom. The van der Waals surface area contributed by atoms with Crippen LogP contribution >= 0.6 is 11.8 Å². The third-order valence-electron chi connectivity index (χ3n) is 3.97. The number of benzene rings is 2. The van der Waals surface area contributed by atoms with Gasteiger partial charge in [-0.15, -0.1) is 11.8 Å². The number of carbonyl (C=O) groups is 3. The minimum atomic E-state index is -0.546. The van der Waals surface area contributed by atoms with Crippen LogP contribution in [-0.4, -0.2) is 36.8 Å². The van der Waals surface area contributed by atoms with Crippen molar-refractivity contribution in [3.63, 3.8) is 0 Å². The van der Waals surface area contributed by atoms with Crippen molar-refractivity contribution in [3.8, 4) is 11.5 Å². The quantitative estimate of drug-likeness (QED) is 0.433. The van der Waals surface area contributed by atoms with Gasteiger partial charge in [0.15, 0.2) is 23.9 Å². The number of rotatable bonds is 7. The van der Waals surface area contributed by atoms with Gasteiger partial charge in [0.25, 0.3) is 5.91 Å². The van der Waals surface area contributed by atoms with Crippen LogP contribution in [0.2, 0.25) is 0 Å². The number of aryl methyl sites for hydroxylation is 1. The Balaban J connectivity index is 1.54. The van der Waals surface area contributed by atoms with E-state index < -0.39 is 18.5 Å². The van der Waals surface area contributed by atoms with Crippen LogP contribution in [0.5, 0.6) is 11.5 Å². The summed E-state index contributed by atoms with van der Waals surface area (Å²) in [5.74, 6) is -0.299. The second kappa shape index (κ2) is 8.79. The second-order valence-electron chi connectivity index (χ2n) is 6.07. The van der Waals surface area contributed by atoms with Gasteiger partial charge in [-0.3, -0.25) is 14.4 Å². The fourth-order valence-electron chi connectivity index (χ4n) is 2.57. The molecule has 0 unspecified atom stereocenters. The number of ketones is 1. The molecule has 0 aliphatic carbocycles. The first-order chi connectivity index (χ1) is 13.4. The summed E-state index contributed by atoms with van der Waals surface area (Å²) in [5.41, 5.74) is 1.64. The van der Waals surface area contributed by atoms with E-state index in [1.165, 1.54) is 30.8 Å². The van der Waals surface area contributed by atoms with Gasteiger partial charge in [-0.1, -0.05) is 18.2 Å². The van der Waals surface area contributed by atoms with Crippen LogP contribution in [0.3, 0.4) is 0 Å². The number of Topliss-reactive ketones (excluding diaryl/α,β-unsaturated/α-hetero) is 1. The number of esters is 1. The molecule has 0 saturated carbocycles. The van der Waals surface area contributed by atoms with Gasteiger partial charge >= 0.3 is 5.97 Å². The molecule has 0 atom stereocenters. The third-order valence-corrected chi connectivity index (χ3v) is 5.12. The van der Waals surface area contributed by atoms with Crippen LogP contribution < -0.4 is 14.8 Å². The van der Waals surface area contributed by atoms with Gasteiger partial charge in [0.05, 0.1) is 11.4 Å². The summed E-state index contributed by atoms with van der Waals surface area (Å²) in [6.07, 6.45) is 0. The number of fused-ring (bicyclic) bond motifs is 1. The fourth-order valence-corrected chi connectivity index (χ4v) is 3.39. The van der Waals surface area contributed by atoms with Gasteiger partial charge in [-0.2, -0.15) is 0 Å².